The Hall–Kier alpha value is -2.25. The van der Waals surface area contributed by atoms with Crippen molar-refractivity contribution in [2.24, 2.45) is 0 Å². The lowest BCUT2D eigenvalue weighted by atomic mass is 9.79. The Labute approximate surface area is 109 Å². The van der Waals surface area contributed by atoms with Crippen molar-refractivity contribution in [2.45, 2.75) is 6.61 Å². The van der Waals surface area contributed by atoms with E-state index < -0.39 is 13.1 Å². The lowest BCUT2D eigenvalue weighted by molar-refractivity contribution is 0.261. The van der Waals surface area contributed by atoms with Gasteiger partial charge in [0.2, 0.25) is 5.88 Å². The van der Waals surface area contributed by atoms with Crippen molar-refractivity contribution >= 4 is 30.2 Å². The summed E-state index contributed by atoms with van der Waals surface area (Å²) in [6.45, 7) is 0.384. The van der Waals surface area contributed by atoms with Crippen molar-refractivity contribution in [1.82, 2.24) is 0 Å². The largest absolute Gasteiger partial charge is 0.491 e. The summed E-state index contributed by atoms with van der Waals surface area (Å²) in [7, 11) is -0.926. The highest BCUT2D eigenvalue weighted by atomic mass is 16.5. The smallest absolute Gasteiger partial charge is 0.449 e. The molecule has 0 spiro atoms. The maximum absolute atomic E-state index is 11.7. The van der Waals surface area contributed by atoms with Crippen LogP contribution >= 0.6 is 0 Å². The van der Waals surface area contributed by atoms with Crippen molar-refractivity contribution in [1.29, 1.82) is 0 Å². The summed E-state index contributed by atoms with van der Waals surface area (Å²) < 4.78 is 10.1. The van der Waals surface area contributed by atoms with Gasteiger partial charge in [0.05, 0.1) is 12.9 Å². The maximum Gasteiger partial charge on any atom is 0.491 e. The van der Waals surface area contributed by atoms with Crippen molar-refractivity contribution in [2.75, 3.05) is 10.6 Å². The van der Waals surface area contributed by atoms with Crippen LogP contribution in [0.15, 0.2) is 41.0 Å². The van der Waals surface area contributed by atoms with Gasteiger partial charge in [0.15, 0.2) is 0 Å². The molecule has 0 saturated carbocycles. The maximum atomic E-state index is 11.7. The summed E-state index contributed by atoms with van der Waals surface area (Å²) in [6.07, 6.45) is 1.47. The second kappa shape index (κ2) is 4.79. The van der Waals surface area contributed by atoms with Crippen molar-refractivity contribution in [3.63, 3.8) is 0 Å². The molecule has 2 heterocycles. The first kappa shape index (κ1) is 11.8. The second-order valence-electron chi connectivity index (χ2n) is 4.13. The first-order chi connectivity index (χ1) is 9.22. The number of anilines is 2. The topological polar surface area (TPSA) is 83.7 Å². The van der Waals surface area contributed by atoms with Crippen LogP contribution in [-0.4, -0.2) is 18.2 Å². The van der Waals surface area contributed by atoms with E-state index in [1.165, 1.54) is 6.26 Å². The molecule has 0 radical (unpaired) electrons. The summed E-state index contributed by atoms with van der Waals surface area (Å²) in [5, 5.41) is 14.8. The quantitative estimate of drug-likeness (QED) is 0.705. The first-order valence-corrected chi connectivity index (χ1v) is 5.76. The van der Waals surface area contributed by atoms with E-state index in [2.05, 4.69) is 10.6 Å². The number of carbonyl (C=O) groups is 1. The van der Waals surface area contributed by atoms with Gasteiger partial charge in [0.25, 0.3) is 0 Å². The fourth-order valence-electron chi connectivity index (χ4n) is 1.92. The zero-order valence-electron chi connectivity index (χ0n) is 9.92. The molecule has 0 fully saturated rings. The van der Waals surface area contributed by atoms with Gasteiger partial charge in [-0.25, -0.2) is 4.79 Å². The first-order valence-electron chi connectivity index (χ1n) is 5.76. The molecule has 1 aliphatic heterocycles. The lowest BCUT2D eigenvalue weighted by Gasteiger charge is -2.07. The molecule has 0 saturated heterocycles. The minimum atomic E-state index is -0.926. The Morgan fingerprint density at radius 1 is 1.32 bits per heavy atom. The molecule has 3 rings (SSSR count). The Morgan fingerprint density at radius 2 is 2.21 bits per heavy atom. The predicted octanol–water partition coefficient (Wildman–Crippen LogP) is 1.14. The Morgan fingerprint density at radius 3 is 3.00 bits per heavy atom. The van der Waals surface area contributed by atoms with Gasteiger partial charge >= 0.3 is 13.1 Å². The average Bonchev–Trinajstić information content (AvgIpc) is 3.00. The second-order valence-corrected chi connectivity index (χ2v) is 4.13. The van der Waals surface area contributed by atoms with Gasteiger partial charge in [-0.2, -0.15) is 0 Å². The van der Waals surface area contributed by atoms with E-state index in [1.807, 2.05) is 6.07 Å². The molecule has 19 heavy (non-hydrogen) atoms. The van der Waals surface area contributed by atoms with E-state index in [-0.39, 0.29) is 0 Å². The zero-order valence-corrected chi connectivity index (χ0v) is 9.92. The number of urea groups is 1. The number of furan rings is 1. The van der Waals surface area contributed by atoms with Gasteiger partial charge in [-0.05, 0) is 29.2 Å². The number of hydrogen-bond acceptors (Lipinski definition) is 4. The third-order valence-electron chi connectivity index (χ3n) is 2.82. The molecular weight excluding hydrogens is 247 g/mol. The van der Waals surface area contributed by atoms with E-state index >= 15 is 0 Å². The van der Waals surface area contributed by atoms with Crippen LogP contribution in [0.25, 0.3) is 0 Å². The number of amides is 2. The fraction of sp³-hybridized carbons (Fsp3) is 0.0833. The SMILES string of the molecule is O=C(Nc1ccc2c(c1)B(O)OC2)Nc1ccco1. The van der Waals surface area contributed by atoms with E-state index in [9.17, 15) is 9.82 Å². The fourth-order valence-corrected chi connectivity index (χ4v) is 1.92. The van der Waals surface area contributed by atoms with Crippen LogP contribution in [0.3, 0.4) is 0 Å². The van der Waals surface area contributed by atoms with Gasteiger partial charge in [-0.3, -0.25) is 5.32 Å². The Kier molecular flexibility index (Phi) is 2.98. The lowest BCUT2D eigenvalue weighted by Crippen LogP contribution is -2.29. The Bertz CT molecular complexity index is 600. The summed E-state index contributed by atoms with van der Waals surface area (Å²) in [5.41, 5.74) is 2.17. The zero-order chi connectivity index (χ0) is 13.2. The van der Waals surface area contributed by atoms with Gasteiger partial charge in [-0.15, -0.1) is 0 Å². The molecule has 6 nitrogen and oxygen atoms in total. The molecule has 1 aromatic heterocycles. The van der Waals surface area contributed by atoms with Crippen LogP contribution in [0.2, 0.25) is 0 Å². The molecule has 7 heteroatoms. The highest BCUT2D eigenvalue weighted by Crippen LogP contribution is 2.15. The molecule has 1 aliphatic rings. The molecule has 0 atom stereocenters. The normalized spacial score (nSPS) is 13.2. The number of fused-ring (bicyclic) bond motifs is 1. The van der Waals surface area contributed by atoms with E-state index in [1.54, 1.807) is 24.3 Å². The van der Waals surface area contributed by atoms with E-state index in [4.69, 9.17) is 9.07 Å². The van der Waals surface area contributed by atoms with Crippen LogP contribution in [0.5, 0.6) is 0 Å². The Balaban J connectivity index is 1.70. The van der Waals surface area contributed by atoms with Crippen LogP contribution in [0.4, 0.5) is 16.4 Å². The molecule has 2 aromatic rings. The molecule has 0 aliphatic carbocycles. The molecule has 2 amide bonds. The summed E-state index contributed by atoms with van der Waals surface area (Å²) >= 11 is 0. The number of hydrogen-bond donors (Lipinski definition) is 3. The van der Waals surface area contributed by atoms with Crippen LogP contribution < -0.4 is 16.1 Å². The molecule has 3 N–H and O–H groups in total. The summed E-state index contributed by atoms with van der Waals surface area (Å²) in [4.78, 5) is 11.7. The summed E-state index contributed by atoms with van der Waals surface area (Å²) in [6, 6.07) is 8.16. The highest BCUT2D eigenvalue weighted by Gasteiger charge is 2.27. The molecule has 0 bridgehead atoms. The van der Waals surface area contributed by atoms with Gasteiger partial charge in [-0.1, -0.05) is 6.07 Å². The molecule has 96 valence electrons. The minimum absolute atomic E-state index is 0.363. The molecular formula is C12H11BN2O4. The standard InChI is InChI=1S/C12H11BN2O4/c16-12(15-11-2-1-5-18-11)14-9-4-3-8-7-19-13(17)10(8)6-9/h1-6,17H,7H2,(H2,14,15,16). The predicted molar refractivity (Wildman–Crippen MR) is 70.2 cm³/mol. The van der Waals surface area contributed by atoms with Crippen molar-refractivity contribution < 1.29 is 18.9 Å². The number of nitrogens with one attached hydrogen (secondary N) is 2. The molecule has 1 aromatic carbocycles. The van der Waals surface area contributed by atoms with Crippen molar-refractivity contribution in [3.8, 4) is 0 Å². The third-order valence-corrected chi connectivity index (χ3v) is 2.82. The van der Waals surface area contributed by atoms with Gasteiger partial charge in [0, 0.05) is 11.8 Å². The number of benzene rings is 1. The van der Waals surface area contributed by atoms with Gasteiger partial charge < -0.3 is 19.4 Å². The van der Waals surface area contributed by atoms with Crippen LogP contribution in [0, 0.1) is 0 Å². The monoisotopic (exact) mass is 258 g/mol. The van der Waals surface area contributed by atoms with Crippen LogP contribution in [-0.2, 0) is 11.3 Å². The van der Waals surface area contributed by atoms with E-state index in [0.717, 1.165) is 5.56 Å². The van der Waals surface area contributed by atoms with Crippen molar-refractivity contribution in [3.05, 3.63) is 42.2 Å². The number of rotatable bonds is 2. The minimum Gasteiger partial charge on any atom is -0.449 e. The summed E-state index contributed by atoms with van der Waals surface area (Å²) in [5.74, 6) is 0.363. The van der Waals surface area contributed by atoms with Gasteiger partial charge in [0.1, 0.15) is 0 Å². The third kappa shape index (κ3) is 2.47. The number of carbonyl (C=O) groups excluding carboxylic acids is 1. The molecule has 0 unspecified atom stereocenters. The van der Waals surface area contributed by atoms with E-state index in [0.29, 0.717) is 23.6 Å². The average molecular weight is 258 g/mol. The van der Waals surface area contributed by atoms with Crippen LogP contribution in [0.1, 0.15) is 5.56 Å². The highest BCUT2D eigenvalue weighted by molar-refractivity contribution is 6.61.